The Bertz CT molecular complexity index is 1150. The van der Waals surface area contributed by atoms with Crippen LogP contribution in [0.25, 0.3) is 0 Å². The Balaban J connectivity index is 0.000000248. The molecule has 9 N–H and O–H groups in total. The first-order valence-electron chi connectivity index (χ1n) is 14.9. The van der Waals surface area contributed by atoms with E-state index in [0.717, 1.165) is 32.5 Å². The fourth-order valence-electron chi connectivity index (χ4n) is 4.91. The van der Waals surface area contributed by atoms with Crippen LogP contribution >= 0.6 is 0 Å². The Hall–Kier alpha value is -3.37. The van der Waals surface area contributed by atoms with Gasteiger partial charge in [0.15, 0.2) is 0 Å². The van der Waals surface area contributed by atoms with Gasteiger partial charge < -0.3 is 46.4 Å². The van der Waals surface area contributed by atoms with E-state index in [4.69, 9.17) is 16.2 Å². The molecule has 16 nitrogen and oxygen atoms in total. The highest BCUT2D eigenvalue weighted by Gasteiger charge is 2.35. The van der Waals surface area contributed by atoms with E-state index < -0.39 is 16.8 Å². The van der Waals surface area contributed by atoms with E-state index in [-0.39, 0.29) is 18.1 Å². The molecule has 2 aliphatic rings. The van der Waals surface area contributed by atoms with Crippen LogP contribution < -0.4 is 26.6 Å². The molecule has 0 aliphatic carbocycles. The number of ether oxygens (including phenoxy) is 1. The predicted octanol–water partition coefficient (Wildman–Crippen LogP) is 1.08. The summed E-state index contributed by atoms with van der Waals surface area (Å²) in [7, 11) is 0. The molecule has 2 saturated heterocycles. The van der Waals surface area contributed by atoms with Crippen LogP contribution in [0.15, 0.2) is 0 Å². The van der Waals surface area contributed by atoms with Crippen molar-refractivity contribution in [3.63, 3.8) is 0 Å². The van der Waals surface area contributed by atoms with Crippen LogP contribution in [0.5, 0.6) is 0 Å². The van der Waals surface area contributed by atoms with Gasteiger partial charge in [-0.25, -0.2) is 15.0 Å². The fourth-order valence-corrected chi connectivity index (χ4v) is 4.91. The first-order valence-corrected chi connectivity index (χ1v) is 14.9. The van der Waals surface area contributed by atoms with E-state index in [1.807, 2.05) is 39.5 Å². The molecule has 0 radical (unpaired) electrons. The summed E-state index contributed by atoms with van der Waals surface area (Å²) in [6.07, 6.45) is 2.59. The minimum absolute atomic E-state index is 0.102. The summed E-state index contributed by atoms with van der Waals surface area (Å²) >= 11 is 0. The number of anilines is 4. The number of hydrogen-bond acceptors (Lipinski definition) is 13. The lowest BCUT2D eigenvalue weighted by molar-refractivity contribution is 0.00735. The van der Waals surface area contributed by atoms with Gasteiger partial charge in [0.2, 0.25) is 23.8 Å². The molecule has 43 heavy (non-hydrogen) atoms. The molecule has 0 bridgehead atoms. The molecule has 0 saturated carbocycles. The van der Waals surface area contributed by atoms with Gasteiger partial charge >= 0.3 is 6.09 Å². The number of carbonyl (C=O) groups excluding carboxylic acids is 1. The van der Waals surface area contributed by atoms with Gasteiger partial charge in [0, 0.05) is 45.3 Å². The van der Waals surface area contributed by atoms with Crippen LogP contribution in [-0.4, -0.2) is 120 Å². The van der Waals surface area contributed by atoms with Crippen molar-refractivity contribution >= 4 is 29.9 Å². The minimum atomic E-state index is -0.795. The van der Waals surface area contributed by atoms with Crippen molar-refractivity contribution in [2.75, 3.05) is 60.5 Å². The van der Waals surface area contributed by atoms with Gasteiger partial charge in [-0.05, 0) is 74.1 Å². The first kappa shape index (κ1) is 34.1. The molecule has 2 aliphatic heterocycles. The smallest absolute Gasteiger partial charge is 0.410 e. The zero-order valence-electron chi connectivity index (χ0n) is 26.7. The quantitative estimate of drug-likeness (QED) is 0.223. The lowest BCUT2D eigenvalue weighted by Gasteiger charge is -2.42. The van der Waals surface area contributed by atoms with Crippen molar-refractivity contribution < 1.29 is 19.7 Å². The van der Waals surface area contributed by atoms with E-state index in [9.17, 15) is 15.0 Å². The third kappa shape index (κ3) is 11.7. The number of nitrogens with two attached hydrogens (primary N) is 2. The van der Waals surface area contributed by atoms with Gasteiger partial charge in [-0.1, -0.05) is 0 Å². The fraction of sp³-hybridized carbons (Fsp3) is 0.815. The Kier molecular flexibility index (Phi) is 11.1. The van der Waals surface area contributed by atoms with Crippen molar-refractivity contribution in [2.45, 2.75) is 103 Å². The molecule has 16 heteroatoms. The van der Waals surface area contributed by atoms with Crippen molar-refractivity contribution in [2.24, 2.45) is 0 Å². The number of amides is 1. The SMILES string of the molecule is CC(C)(O)CCC1CN(c2n[nH]c(N)n2)CCN1.CC(C)(O)CCC1CN(c2n[nH]c(N)n2)CCN1C(=O)OC(C)(C)C. The average Bonchev–Trinajstić information content (AvgIpc) is 3.53. The van der Waals surface area contributed by atoms with Crippen molar-refractivity contribution in [3.05, 3.63) is 0 Å². The maximum absolute atomic E-state index is 12.6. The molecule has 2 fully saturated rings. The summed E-state index contributed by atoms with van der Waals surface area (Å²) in [6.45, 7) is 17.0. The number of carbonyl (C=O) groups is 1. The second-order valence-electron chi connectivity index (χ2n) is 13.6. The van der Waals surface area contributed by atoms with Crippen LogP contribution in [-0.2, 0) is 4.74 Å². The van der Waals surface area contributed by atoms with Crippen molar-refractivity contribution in [3.8, 4) is 0 Å². The molecule has 0 aromatic carbocycles. The number of H-pyrrole nitrogens is 2. The Morgan fingerprint density at radius 2 is 1.40 bits per heavy atom. The molecule has 0 spiro atoms. The highest BCUT2D eigenvalue weighted by Crippen LogP contribution is 2.24. The Morgan fingerprint density at radius 1 is 0.860 bits per heavy atom. The molecule has 1 amide bonds. The zero-order chi connectivity index (χ0) is 32.0. The monoisotopic (exact) mass is 608 g/mol. The molecule has 2 aromatic heterocycles. The second kappa shape index (κ2) is 13.9. The highest BCUT2D eigenvalue weighted by atomic mass is 16.6. The van der Waals surface area contributed by atoms with Gasteiger partial charge in [-0.15, -0.1) is 10.2 Å². The maximum atomic E-state index is 12.6. The number of aromatic nitrogens is 6. The van der Waals surface area contributed by atoms with Crippen molar-refractivity contribution in [1.29, 1.82) is 0 Å². The number of nitrogen functional groups attached to an aromatic ring is 2. The Labute approximate surface area is 253 Å². The summed E-state index contributed by atoms with van der Waals surface area (Å²) < 4.78 is 5.53. The third-order valence-electron chi connectivity index (χ3n) is 7.11. The molecular formula is C27H52N12O4. The topological polar surface area (TPSA) is 224 Å². The van der Waals surface area contributed by atoms with E-state index in [1.165, 1.54) is 0 Å². The number of rotatable bonds is 8. The summed E-state index contributed by atoms with van der Waals surface area (Å²) in [5, 5.41) is 36.7. The molecule has 4 heterocycles. The van der Waals surface area contributed by atoms with Gasteiger partial charge in [0.25, 0.3) is 0 Å². The average molecular weight is 609 g/mol. The predicted molar refractivity (Wildman–Crippen MR) is 166 cm³/mol. The van der Waals surface area contributed by atoms with Gasteiger partial charge in [0.1, 0.15) is 5.60 Å². The standard InChI is InChI=1S/C16H30N6O3.C11H22N6O/c1-15(2,3)25-14(23)22-9-8-21(13-18-12(17)19-20-13)10-11(22)6-7-16(4,5)24;1-11(2,18)4-3-8-7-17(6-5-13-8)10-14-9(12)15-16-10/h11,24H,6-10H2,1-5H3,(H3,17,18,19,20);8,13,18H,3-7H2,1-2H3,(H3,12,14,15,16). The lowest BCUT2D eigenvalue weighted by atomic mass is 9.97. The molecule has 244 valence electrons. The number of piperazine rings is 2. The Morgan fingerprint density at radius 3 is 1.88 bits per heavy atom. The van der Waals surface area contributed by atoms with Crippen LogP contribution in [0.3, 0.4) is 0 Å². The number of hydrogen-bond donors (Lipinski definition) is 7. The maximum Gasteiger partial charge on any atom is 0.410 e. The molecule has 4 rings (SSSR count). The summed E-state index contributed by atoms with van der Waals surface area (Å²) in [5.41, 5.74) is 9.18. The van der Waals surface area contributed by atoms with E-state index >= 15 is 0 Å². The first-order chi connectivity index (χ1) is 19.9. The summed E-state index contributed by atoms with van der Waals surface area (Å²) in [4.78, 5) is 26.7. The van der Waals surface area contributed by atoms with Crippen LogP contribution in [0, 0.1) is 0 Å². The second-order valence-corrected chi connectivity index (χ2v) is 13.6. The lowest BCUT2D eigenvalue weighted by Crippen LogP contribution is -2.56. The zero-order valence-corrected chi connectivity index (χ0v) is 26.7. The molecular weight excluding hydrogens is 556 g/mol. The number of nitrogens with zero attached hydrogens (tertiary/aromatic N) is 7. The van der Waals surface area contributed by atoms with Gasteiger partial charge in [-0.3, -0.25) is 0 Å². The van der Waals surface area contributed by atoms with E-state index in [2.05, 4.69) is 40.6 Å². The van der Waals surface area contributed by atoms with Crippen LogP contribution in [0.2, 0.25) is 0 Å². The minimum Gasteiger partial charge on any atom is -0.444 e. The largest absolute Gasteiger partial charge is 0.444 e. The highest BCUT2D eigenvalue weighted by molar-refractivity contribution is 5.69. The number of nitrogens with one attached hydrogen (secondary N) is 3. The number of aliphatic hydroxyl groups is 2. The van der Waals surface area contributed by atoms with Crippen LogP contribution in [0.4, 0.5) is 28.6 Å². The molecule has 2 aromatic rings. The van der Waals surface area contributed by atoms with Crippen molar-refractivity contribution in [1.82, 2.24) is 40.6 Å². The van der Waals surface area contributed by atoms with Gasteiger partial charge in [0.05, 0.1) is 17.2 Å². The van der Waals surface area contributed by atoms with E-state index in [1.54, 1.807) is 18.7 Å². The number of aromatic amines is 2. The summed E-state index contributed by atoms with van der Waals surface area (Å²) in [5.74, 6) is 1.78. The third-order valence-corrected chi connectivity index (χ3v) is 7.11. The normalized spacial score (nSPS) is 20.1. The van der Waals surface area contributed by atoms with Crippen LogP contribution in [0.1, 0.15) is 74.1 Å². The van der Waals surface area contributed by atoms with E-state index in [0.29, 0.717) is 56.4 Å². The molecule has 2 atom stereocenters. The van der Waals surface area contributed by atoms with Gasteiger partial charge in [-0.2, -0.15) is 9.97 Å². The molecule has 2 unspecified atom stereocenters. The summed E-state index contributed by atoms with van der Waals surface area (Å²) in [6, 6.07) is 0.250.